The fourth-order valence-corrected chi connectivity index (χ4v) is 2.29. The molecule has 0 N–H and O–H groups in total. The molecule has 0 radical (unpaired) electrons. The number of furan rings is 1. The lowest BCUT2D eigenvalue weighted by Gasteiger charge is -1.99. The van der Waals surface area contributed by atoms with Gasteiger partial charge >= 0.3 is 5.97 Å². The number of methoxy groups -OCH3 is 1. The fraction of sp³-hybridized carbons (Fsp3) is 0.125. The highest BCUT2D eigenvalue weighted by molar-refractivity contribution is 6.13. The van der Waals surface area contributed by atoms with Gasteiger partial charge in [0.05, 0.1) is 7.11 Å². The Morgan fingerprint density at radius 2 is 1.90 bits per heavy atom. The molecule has 20 heavy (non-hydrogen) atoms. The van der Waals surface area contributed by atoms with Crippen molar-refractivity contribution in [2.75, 3.05) is 7.11 Å². The number of esters is 1. The van der Waals surface area contributed by atoms with E-state index in [9.17, 15) is 9.59 Å². The van der Waals surface area contributed by atoms with E-state index in [0.29, 0.717) is 22.3 Å². The summed E-state index contributed by atoms with van der Waals surface area (Å²) < 4.78 is 10.5. The number of carbonyl (C=O) groups is 2. The second-order valence-corrected chi connectivity index (χ2v) is 4.54. The summed E-state index contributed by atoms with van der Waals surface area (Å²) in [6.07, 6.45) is 0. The molecule has 0 unspecified atom stereocenters. The van der Waals surface area contributed by atoms with E-state index in [-0.39, 0.29) is 5.78 Å². The largest absolute Gasteiger partial charge is 0.465 e. The van der Waals surface area contributed by atoms with E-state index < -0.39 is 5.97 Å². The summed E-state index contributed by atoms with van der Waals surface area (Å²) in [5.74, 6) is -0.452. The molecule has 0 spiro atoms. The molecular formula is C16H12O4. The maximum absolute atomic E-state index is 11.7. The second kappa shape index (κ2) is 4.49. The van der Waals surface area contributed by atoms with Crippen molar-refractivity contribution in [1.82, 2.24) is 0 Å². The summed E-state index contributed by atoms with van der Waals surface area (Å²) >= 11 is 0. The molecule has 0 aliphatic heterocycles. The summed E-state index contributed by atoms with van der Waals surface area (Å²) in [7, 11) is 1.33. The highest BCUT2D eigenvalue weighted by Crippen LogP contribution is 2.31. The molecule has 0 amide bonds. The predicted octanol–water partition coefficient (Wildman–Crippen LogP) is 3.58. The van der Waals surface area contributed by atoms with Crippen molar-refractivity contribution in [3.63, 3.8) is 0 Å². The highest BCUT2D eigenvalue weighted by Gasteiger charge is 2.16. The van der Waals surface area contributed by atoms with E-state index in [1.165, 1.54) is 14.0 Å². The van der Waals surface area contributed by atoms with Crippen molar-refractivity contribution in [3.8, 4) is 0 Å². The third kappa shape index (κ3) is 1.77. The van der Waals surface area contributed by atoms with Crippen molar-refractivity contribution in [1.29, 1.82) is 0 Å². The number of fused-ring (bicyclic) bond motifs is 3. The molecule has 0 saturated carbocycles. The Morgan fingerprint density at radius 3 is 2.60 bits per heavy atom. The van der Waals surface area contributed by atoms with E-state index in [1.807, 2.05) is 6.07 Å². The number of benzene rings is 2. The second-order valence-electron chi connectivity index (χ2n) is 4.54. The van der Waals surface area contributed by atoms with Crippen LogP contribution in [0.3, 0.4) is 0 Å². The number of para-hydroxylation sites is 1. The first-order chi connectivity index (χ1) is 9.61. The smallest absolute Gasteiger partial charge is 0.341 e. The Morgan fingerprint density at radius 1 is 1.10 bits per heavy atom. The van der Waals surface area contributed by atoms with Gasteiger partial charge in [-0.15, -0.1) is 0 Å². The third-order valence-corrected chi connectivity index (χ3v) is 3.31. The number of hydrogen-bond donors (Lipinski definition) is 0. The summed E-state index contributed by atoms with van der Waals surface area (Å²) in [6.45, 7) is 1.52. The molecule has 0 aliphatic rings. The molecule has 0 aliphatic carbocycles. The minimum absolute atomic E-state index is 0.00891. The fourth-order valence-electron chi connectivity index (χ4n) is 2.29. The topological polar surface area (TPSA) is 56.5 Å². The zero-order valence-electron chi connectivity index (χ0n) is 11.1. The van der Waals surface area contributed by atoms with Crippen molar-refractivity contribution < 1.29 is 18.7 Å². The van der Waals surface area contributed by atoms with Crippen LogP contribution in [0.2, 0.25) is 0 Å². The Labute approximate surface area is 114 Å². The lowest BCUT2D eigenvalue weighted by Crippen LogP contribution is -2.00. The maximum atomic E-state index is 11.7. The minimum atomic E-state index is -0.443. The van der Waals surface area contributed by atoms with Crippen LogP contribution in [0, 0.1) is 0 Å². The summed E-state index contributed by atoms with van der Waals surface area (Å²) in [4.78, 5) is 23.2. The number of ether oxygens (including phenoxy) is 1. The zero-order valence-corrected chi connectivity index (χ0v) is 11.1. The Balaban J connectivity index is 2.37. The van der Waals surface area contributed by atoms with Gasteiger partial charge in [0.15, 0.2) is 5.78 Å². The van der Waals surface area contributed by atoms with E-state index in [0.717, 1.165) is 10.8 Å². The van der Waals surface area contributed by atoms with E-state index in [1.54, 1.807) is 30.3 Å². The Bertz CT molecular complexity index is 842. The van der Waals surface area contributed by atoms with Crippen molar-refractivity contribution >= 4 is 33.7 Å². The Hall–Kier alpha value is -2.62. The molecule has 4 heteroatoms. The van der Waals surface area contributed by atoms with Crippen LogP contribution >= 0.6 is 0 Å². The van der Waals surface area contributed by atoms with Crippen molar-refractivity contribution in [2.24, 2.45) is 0 Å². The van der Waals surface area contributed by atoms with Crippen molar-refractivity contribution in [2.45, 2.75) is 6.92 Å². The maximum Gasteiger partial charge on any atom is 0.341 e. The van der Waals surface area contributed by atoms with Crippen LogP contribution in [0.4, 0.5) is 0 Å². The van der Waals surface area contributed by atoms with Gasteiger partial charge in [0.25, 0.3) is 0 Å². The third-order valence-electron chi connectivity index (χ3n) is 3.31. The van der Waals surface area contributed by atoms with E-state index in [2.05, 4.69) is 0 Å². The van der Waals surface area contributed by atoms with Gasteiger partial charge in [-0.2, -0.15) is 0 Å². The summed E-state index contributed by atoms with van der Waals surface area (Å²) in [5, 5.41) is 1.62. The number of carbonyl (C=O) groups excluding carboxylic acids is 2. The van der Waals surface area contributed by atoms with E-state index in [4.69, 9.17) is 9.15 Å². The van der Waals surface area contributed by atoms with E-state index >= 15 is 0 Å². The molecule has 3 rings (SSSR count). The first kappa shape index (κ1) is 12.4. The van der Waals surface area contributed by atoms with Gasteiger partial charge in [0.2, 0.25) is 0 Å². The summed E-state index contributed by atoms with van der Waals surface area (Å²) in [5.41, 5.74) is 2.12. The van der Waals surface area contributed by atoms with Gasteiger partial charge in [-0.1, -0.05) is 12.1 Å². The van der Waals surface area contributed by atoms with Crippen LogP contribution in [0.25, 0.3) is 21.9 Å². The van der Waals surface area contributed by atoms with Crippen LogP contribution in [0.1, 0.15) is 27.6 Å². The molecule has 1 aromatic heterocycles. The molecule has 4 nitrogen and oxygen atoms in total. The minimum Gasteiger partial charge on any atom is -0.465 e. The van der Waals surface area contributed by atoms with Crippen LogP contribution in [0.5, 0.6) is 0 Å². The number of hydrogen-bond acceptors (Lipinski definition) is 4. The average molecular weight is 268 g/mol. The number of ketones is 1. The first-order valence-corrected chi connectivity index (χ1v) is 6.16. The predicted molar refractivity (Wildman–Crippen MR) is 75.1 cm³/mol. The highest BCUT2D eigenvalue weighted by atomic mass is 16.5. The van der Waals surface area contributed by atoms with Gasteiger partial charge in [-0.3, -0.25) is 4.79 Å². The number of rotatable bonds is 2. The van der Waals surface area contributed by atoms with Gasteiger partial charge in [-0.05, 0) is 31.2 Å². The van der Waals surface area contributed by atoms with Crippen LogP contribution in [0.15, 0.2) is 40.8 Å². The molecule has 1 heterocycles. The monoisotopic (exact) mass is 268 g/mol. The lowest BCUT2D eigenvalue weighted by molar-refractivity contribution is 0.0601. The molecular weight excluding hydrogens is 256 g/mol. The molecule has 0 fully saturated rings. The van der Waals surface area contributed by atoms with Gasteiger partial charge < -0.3 is 9.15 Å². The molecule has 0 bridgehead atoms. The molecule has 3 aromatic rings. The zero-order chi connectivity index (χ0) is 14.3. The molecule has 0 saturated heterocycles. The molecule has 0 atom stereocenters. The van der Waals surface area contributed by atoms with Gasteiger partial charge in [0, 0.05) is 16.3 Å². The standard InChI is InChI=1S/C16H12O4/c1-9(17)10-6-7-14-13(8-10)11-4-3-5-12(15(11)20-14)16(18)19-2/h3-8H,1-2H3. The Kier molecular flexibility index (Phi) is 2.79. The molecule has 2 aromatic carbocycles. The average Bonchev–Trinajstić information content (AvgIpc) is 2.83. The molecule has 100 valence electrons. The normalized spacial score (nSPS) is 10.9. The van der Waals surface area contributed by atoms with Gasteiger partial charge in [-0.25, -0.2) is 4.79 Å². The van der Waals surface area contributed by atoms with Gasteiger partial charge in [0.1, 0.15) is 16.7 Å². The quantitative estimate of drug-likeness (QED) is 0.526. The SMILES string of the molecule is COC(=O)c1cccc2c1oc1ccc(C(C)=O)cc12. The van der Waals surface area contributed by atoms with Crippen molar-refractivity contribution in [3.05, 3.63) is 47.5 Å². The van der Waals surface area contributed by atoms with Crippen LogP contribution < -0.4 is 0 Å². The lowest BCUT2D eigenvalue weighted by atomic mass is 10.1. The first-order valence-electron chi connectivity index (χ1n) is 6.16. The van der Waals surface area contributed by atoms with Crippen LogP contribution in [-0.4, -0.2) is 18.9 Å². The van der Waals surface area contributed by atoms with Crippen LogP contribution in [-0.2, 0) is 4.74 Å². The number of Topliss-reactive ketones (excluding diaryl/α,β-unsaturated/α-hetero) is 1. The summed E-state index contributed by atoms with van der Waals surface area (Å²) in [6, 6.07) is 10.5.